The van der Waals surface area contributed by atoms with Crippen molar-refractivity contribution in [1.82, 2.24) is 9.88 Å². The van der Waals surface area contributed by atoms with Crippen LogP contribution in [0.4, 0.5) is 5.13 Å². The monoisotopic (exact) mass is 369 g/mol. The minimum atomic E-state index is 0. The van der Waals surface area contributed by atoms with Crippen molar-refractivity contribution in [2.75, 3.05) is 25.5 Å². The van der Waals surface area contributed by atoms with Crippen LogP contribution in [0.5, 0.6) is 11.5 Å². The molecule has 2 heterocycles. The molecule has 5 nitrogen and oxygen atoms in total. The Hall–Kier alpha value is -1.50. The van der Waals surface area contributed by atoms with Crippen LogP contribution >= 0.6 is 23.7 Å². The summed E-state index contributed by atoms with van der Waals surface area (Å²) in [6, 6.07) is 4.28. The molecule has 0 radical (unpaired) electrons. The van der Waals surface area contributed by atoms with Crippen molar-refractivity contribution in [3.63, 3.8) is 0 Å². The van der Waals surface area contributed by atoms with Crippen molar-refractivity contribution in [3.8, 4) is 11.5 Å². The fourth-order valence-electron chi connectivity index (χ4n) is 2.91. The number of nitrogens with zero attached hydrogens (tertiary/aromatic N) is 2. The van der Waals surface area contributed by atoms with E-state index in [-0.39, 0.29) is 12.4 Å². The van der Waals surface area contributed by atoms with Gasteiger partial charge in [0.2, 0.25) is 0 Å². The SMILES string of the molecule is CCOc1cc2c(cc1OCC)CN(Cc1cnc(N)s1)CC2.Cl. The van der Waals surface area contributed by atoms with Crippen molar-refractivity contribution in [2.45, 2.75) is 33.4 Å². The molecule has 2 N–H and O–H groups in total. The molecule has 0 bridgehead atoms. The number of aromatic nitrogens is 1. The van der Waals surface area contributed by atoms with Gasteiger partial charge in [-0.2, -0.15) is 0 Å². The molecular formula is C17H24ClN3O2S. The van der Waals surface area contributed by atoms with E-state index in [1.807, 2.05) is 20.0 Å². The lowest BCUT2D eigenvalue weighted by Crippen LogP contribution is -2.29. The molecule has 0 aliphatic carbocycles. The summed E-state index contributed by atoms with van der Waals surface area (Å²) in [5, 5.41) is 0.636. The minimum Gasteiger partial charge on any atom is -0.490 e. The fraction of sp³-hybridized carbons (Fsp3) is 0.471. The summed E-state index contributed by atoms with van der Waals surface area (Å²) in [5.74, 6) is 1.70. The van der Waals surface area contributed by atoms with Gasteiger partial charge in [0.05, 0.1) is 13.2 Å². The number of ether oxygens (including phenoxy) is 2. The zero-order valence-electron chi connectivity index (χ0n) is 14.1. The standard InChI is InChI=1S/C17H23N3O2S.ClH/c1-3-21-15-7-12-5-6-20(11-14-9-19-17(18)23-14)10-13(12)8-16(15)22-4-2;/h7-9H,3-6,10-11H2,1-2H3,(H2,18,19);1H. The highest BCUT2D eigenvalue weighted by Gasteiger charge is 2.20. The molecule has 24 heavy (non-hydrogen) atoms. The first-order valence-corrected chi connectivity index (χ1v) is 8.85. The molecule has 0 amide bonds. The quantitative estimate of drug-likeness (QED) is 0.844. The van der Waals surface area contributed by atoms with Crippen molar-refractivity contribution in [1.29, 1.82) is 0 Å². The molecule has 0 spiro atoms. The van der Waals surface area contributed by atoms with Crippen molar-refractivity contribution >= 4 is 28.9 Å². The number of rotatable bonds is 6. The average Bonchev–Trinajstić information content (AvgIpc) is 2.93. The van der Waals surface area contributed by atoms with Gasteiger partial charge < -0.3 is 15.2 Å². The number of fused-ring (bicyclic) bond motifs is 1. The van der Waals surface area contributed by atoms with Crippen LogP contribution in [0.25, 0.3) is 0 Å². The first kappa shape index (κ1) is 18.8. The highest BCUT2D eigenvalue weighted by atomic mass is 35.5. The van der Waals surface area contributed by atoms with E-state index >= 15 is 0 Å². The highest BCUT2D eigenvalue weighted by Crippen LogP contribution is 2.34. The topological polar surface area (TPSA) is 60.6 Å². The molecule has 0 atom stereocenters. The Morgan fingerprint density at radius 2 is 1.83 bits per heavy atom. The van der Waals surface area contributed by atoms with Gasteiger partial charge in [0.1, 0.15) is 0 Å². The Labute approximate surface area is 153 Å². The minimum absolute atomic E-state index is 0. The number of anilines is 1. The Morgan fingerprint density at radius 1 is 1.17 bits per heavy atom. The van der Waals surface area contributed by atoms with Gasteiger partial charge in [0.15, 0.2) is 16.6 Å². The summed E-state index contributed by atoms with van der Waals surface area (Å²) in [7, 11) is 0. The van der Waals surface area contributed by atoms with Gasteiger partial charge >= 0.3 is 0 Å². The molecule has 1 aromatic heterocycles. The Bertz CT molecular complexity index is 678. The van der Waals surface area contributed by atoms with Crippen molar-refractivity contribution in [3.05, 3.63) is 34.3 Å². The Balaban J connectivity index is 0.00000208. The normalized spacial score (nSPS) is 13.9. The first-order chi connectivity index (χ1) is 11.2. The maximum Gasteiger partial charge on any atom is 0.180 e. The molecular weight excluding hydrogens is 346 g/mol. The predicted octanol–water partition coefficient (Wildman–Crippen LogP) is 3.50. The number of hydrogen-bond donors (Lipinski definition) is 1. The summed E-state index contributed by atoms with van der Waals surface area (Å²) in [6.45, 7) is 8.13. The fourth-order valence-corrected chi connectivity index (χ4v) is 3.64. The van der Waals surface area contributed by atoms with Crippen LogP contribution in [0.3, 0.4) is 0 Å². The van der Waals surface area contributed by atoms with E-state index in [9.17, 15) is 0 Å². The van der Waals surface area contributed by atoms with Crippen LogP contribution in [0.1, 0.15) is 29.9 Å². The van der Waals surface area contributed by atoms with E-state index in [0.717, 1.165) is 37.6 Å². The van der Waals surface area contributed by atoms with Crippen LogP contribution in [0.2, 0.25) is 0 Å². The van der Waals surface area contributed by atoms with Crippen LogP contribution in [-0.2, 0) is 19.5 Å². The van der Waals surface area contributed by atoms with Crippen molar-refractivity contribution < 1.29 is 9.47 Å². The molecule has 0 unspecified atom stereocenters. The molecule has 1 aromatic carbocycles. The van der Waals surface area contributed by atoms with Gasteiger partial charge in [-0.05, 0) is 43.5 Å². The molecule has 7 heteroatoms. The third-order valence-electron chi connectivity index (χ3n) is 3.91. The zero-order valence-corrected chi connectivity index (χ0v) is 15.7. The van der Waals surface area contributed by atoms with E-state index < -0.39 is 0 Å². The predicted molar refractivity (Wildman–Crippen MR) is 100 cm³/mol. The van der Waals surface area contributed by atoms with Crippen LogP contribution in [-0.4, -0.2) is 29.6 Å². The summed E-state index contributed by atoms with van der Waals surface area (Å²) < 4.78 is 11.5. The summed E-state index contributed by atoms with van der Waals surface area (Å²) in [5.41, 5.74) is 8.40. The van der Waals surface area contributed by atoms with E-state index in [0.29, 0.717) is 18.3 Å². The maximum absolute atomic E-state index is 5.74. The first-order valence-electron chi connectivity index (χ1n) is 8.03. The van der Waals surface area contributed by atoms with Crippen LogP contribution < -0.4 is 15.2 Å². The molecule has 132 valence electrons. The number of halogens is 1. The van der Waals surface area contributed by atoms with Gasteiger partial charge in [-0.3, -0.25) is 4.90 Å². The number of nitrogen functional groups attached to an aromatic ring is 1. The smallest absolute Gasteiger partial charge is 0.180 e. The molecule has 1 aliphatic rings. The average molecular weight is 370 g/mol. The number of benzene rings is 1. The largest absolute Gasteiger partial charge is 0.490 e. The van der Waals surface area contributed by atoms with Gasteiger partial charge in [-0.1, -0.05) is 0 Å². The lowest BCUT2D eigenvalue weighted by molar-refractivity contribution is 0.244. The van der Waals surface area contributed by atoms with Crippen LogP contribution in [0.15, 0.2) is 18.3 Å². The second kappa shape index (κ2) is 8.55. The maximum atomic E-state index is 5.74. The van der Waals surface area contributed by atoms with Gasteiger partial charge in [-0.15, -0.1) is 23.7 Å². The molecule has 0 saturated carbocycles. The second-order valence-electron chi connectivity index (χ2n) is 5.56. The number of hydrogen-bond acceptors (Lipinski definition) is 6. The lowest BCUT2D eigenvalue weighted by atomic mass is 9.99. The van der Waals surface area contributed by atoms with Gasteiger partial charge in [-0.25, -0.2) is 4.98 Å². The van der Waals surface area contributed by atoms with Crippen molar-refractivity contribution in [2.24, 2.45) is 0 Å². The summed E-state index contributed by atoms with van der Waals surface area (Å²) >= 11 is 1.56. The van der Waals surface area contributed by atoms with Gasteiger partial charge in [0.25, 0.3) is 0 Å². The van der Waals surface area contributed by atoms with E-state index in [2.05, 4.69) is 22.0 Å². The molecule has 0 saturated heterocycles. The molecule has 1 aliphatic heterocycles. The Kier molecular flexibility index (Phi) is 6.71. The summed E-state index contributed by atoms with van der Waals surface area (Å²) in [4.78, 5) is 7.76. The molecule has 3 rings (SSSR count). The molecule has 0 fully saturated rings. The third-order valence-corrected chi connectivity index (χ3v) is 4.72. The van der Waals surface area contributed by atoms with E-state index in [1.54, 1.807) is 11.3 Å². The third kappa shape index (κ3) is 4.32. The highest BCUT2D eigenvalue weighted by molar-refractivity contribution is 7.15. The number of nitrogens with two attached hydrogens (primary N) is 1. The second-order valence-corrected chi connectivity index (χ2v) is 6.71. The summed E-state index contributed by atoms with van der Waals surface area (Å²) in [6.07, 6.45) is 2.90. The van der Waals surface area contributed by atoms with Gasteiger partial charge in [0, 0.05) is 30.7 Å². The lowest BCUT2D eigenvalue weighted by Gasteiger charge is -2.29. The molecule has 2 aromatic rings. The van der Waals surface area contributed by atoms with Crippen LogP contribution in [0, 0.1) is 0 Å². The van der Waals surface area contributed by atoms with E-state index in [4.69, 9.17) is 15.2 Å². The number of thiazole rings is 1. The zero-order chi connectivity index (χ0) is 16.2. The Morgan fingerprint density at radius 3 is 2.42 bits per heavy atom. The van der Waals surface area contributed by atoms with E-state index in [1.165, 1.54) is 16.0 Å².